The van der Waals surface area contributed by atoms with Crippen LogP contribution in [0.25, 0.3) is 0 Å². The van der Waals surface area contributed by atoms with E-state index in [1.165, 1.54) is 6.42 Å². The highest BCUT2D eigenvalue weighted by atomic mass is 16.2. The fourth-order valence-electron chi connectivity index (χ4n) is 3.10. The minimum Gasteiger partial charge on any atom is -0.345 e. The Morgan fingerprint density at radius 1 is 1.53 bits per heavy atom. The maximum Gasteiger partial charge on any atom is 0.229 e. The second kappa shape index (κ2) is 4.97. The maximum atomic E-state index is 12.6. The molecule has 2 fully saturated rings. The Balaban J connectivity index is 1.95. The highest BCUT2D eigenvalue weighted by Crippen LogP contribution is 2.39. The van der Waals surface area contributed by atoms with Crippen LogP contribution in [0, 0.1) is 17.3 Å². The van der Waals surface area contributed by atoms with Crippen molar-refractivity contribution in [2.45, 2.75) is 39.5 Å². The molecule has 1 heterocycles. The number of carbonyl (C=O) groups is 1. The summed E-state index contributed by atoms with van der Waals surface area (Å²) in [6, 6.07) is 0. The van der Waals surface area contributed by atoms with Crippen molar-refractivity contribution in [3.8, 4) is 0 Å². The van der Waals surface area contributed by atoms with Gasteiger partial charge >= 0.3 is 0 Å². The van der Waals surface area contributed by atoms with Crippen LogP contribution in [-0.2, 0) is 4.79 Å². The summed E-state index contributed by atoms with van der Waals surface area (Å²) < 4.78 is 0. The van der Waals surface area contributed by atoms with E-state index in [0.717, 1.165) is 50.7 Å². The zero-order valence-corrected chi connectivity index (χ0v) is 11.5. The van der Waals surface area contributed by atoms with Gasteiger partial charge in [-0.3, -0.25) is 4.79 Å². The lowest BCUT2D eigenvalue weighted by Gasteiger charge is -2.38. The topological polar surface area (TPSA) is 32.3 Å². The zero-order valence-electron chi connectivity index (χ0n) is 11.5. The van der Waals surface area contributed by atoms with Gasteiger partial charge in [-0.1, -0.05) is 13.8 Å². The first-order chi connectivity index (χ1) is 8.09. The molecule has 0 spiro atoms. The molecule has 1 aliphatic carbocycles. The Kier molecular flexibility index (Phi) is 3.76. The molecule has 3 heteroatoms. The molecule has 1 saturated heterocycles. The van der Waals surface area contributed by atoms with Crippen molar-refractivity contribution in [1.82, 2.24) is 10.2 Å². The number of hydrogen-bond acceptors (Lipinski definition) is 2. The van der Waals surface area contributed by atoms with E-state index in [1.54, 1.807) is 0 Å². The van der Waals surface area contributed by atoms with E-state index in [-0.39, 0.29) is 5.41 Å². The third-order valence-electron chi connectivity index (χ3n) is 4.73. The fourth-order valence-corrected chi connectivity index (χ4v) is 3.10. The first-order valence-electron chi connectivity index (χ1n) is 7.05. The number of amides is 1. The summed E-state index contributed by atoms with van der Waals surface area (Å²) in [6.07, 6.45) is 4.45. The van der Waals surface area contributed by atoms with Crippen LogP contribution in [0.1, 0.15) is 39.5 Å². The molecule has 0 aromatic rings. The van der Waals surface area contributed by atoms with Crippen molar-refractivity contribution in [1.29, 1.82) is 0 Å². The summed E-state index contributed by atoms with van der Waals surface area (Å²) >= 11 is 0. The van der Waals surface area contributed by atoms with Gasteiger partial charge in [0.1, 0.15) is 0 Å². The molecule has 98 valence electrons. The molecule has 1 N–H and O–H groups in total. The normalized spacial score (nSPS) is 36.6. The van der Waals surface area contributed by atoms with Crippen LogP contribution in [0.3, 0.4) is 0 Å². The zero-order chi connectivity index (χ0) is 12.5. The maximum absolute atomic E-state index is 12.6. The molecule has 2 rings (SSSR count). The molecular formula is C14H26N2O. The predicted molar refractivity (Wildman–Crippen MR) is 69.7 cm³/mol. The Bertz CT molecular complexity index is 284. The third-order valence-corrected chi connectivity index (χ3v) is 4.73. The fraction of sp³-hybridized carbons (Fsp3) is 0.929. The third kappa shape index (κ3) is 2.65. The highest BCUT2D eigenvalue weighted by molar-refractivity contribution is 5.83. The monoisotopic (exact) mass is 238 g/mol. The first-order valence-corrected chi connectivity index (χ1v) is 7.05. The van der Waals surface area contributed by atoms with Gasteiger partial charge in [0.05, 0.1) is 5.41 Å². The van der Waals surface area contributed by atoms with Crippen molar-refractivity contribution in [2.24, 2.45) is 17.3 Å². The molecule has 2 aliphatic rings. The lowest BCUT2D eigenvalue weighted by atomic mass is 9.77. The number of nitrogens with one attached hydrogen (secondary N) is 1. The van der Waals surface area contributed by atoms with Crippen molar-refractivity contribution >= 4 is 5.91 Å². The van der Waals surface area contributed by atoms with E-state index >= 15 is 0 Å². The quantitative estimate of drug-likeness (QED) is 0.811. The molecule has 1 saturated carbocycles. The lowest BCUT2D eigenvalue weighted by Crippen LogP contribution is -2.51. The molecule has 1 amide bonds. The van der Waals surface area contributed by atoms with E-state index in [4.69, 9.17) is 0 Å². The number of nitrogens with zero attached hydrogens (tertiary/aromatic N) is 1. The van der Waals surface area contributed by atoms with Crippen molar-refractivity contribution in [2.75, 3.05) is 26.7 Å². The molecule has 3 nitrogen and oxygen atoms in total. The van der Waals surface area contributed by atoms with Crippen molar-refractivity contribution in [3.05, 3.63) is 0 Å². The van der Waals surface area contributed by atoms with Crippen LogP contribution in [0.4, 0.5) is 0 Å². The van der Waals surface area contributed by atoms with E-state index < -0.39 is 0 Å². The predicted octanol–water partition coefficient (Wildman–Crippen LogP) is 1.88. The smallest absolute Gasteiger partial charge is 0.229 e. The lowest BCUT2D eigenvalue weighted by molar-refractivity contribution is -0.142. The van der Waals surface area contributed by atoms with Gasteiger partial charge in [0.15, 0.2) is 0 Å². The summed E-state index contributed by atoms with van der Waals surface area (Å²) in [5.41, 5.74) is -0.120. The van der Waals surface area contributed by atoms with E-state index in [9.17, 15) is 4.79 Å². The summed E-state index contributed by atoms with van der Waals surface area (Å²) in [6.45, 7) is 7.33. The first kappa shape index (κ1) is 12.9. The second-order valence-corrected chi connectivity index (χ2v) is 6.07. The number of carbonyl (C=O) groups excluding carboxylic acids is 1. The van der Waals surface area contributed by atoms with Crippen LogP contribution in [-0.4, -0.2) is 37.5 Å². The van der Waals surface area contributed by atoms with Crippen LogP contribution in [0.15, 0.2) is 0 Å². The summed E-state index contributed by atoms with van der Waals surface area (Å²) in [7, 11) is 1.99. The second-order valence-electron chi connectivity index (χ2n) is 6.07. The van der Waals surface area contributed by atoms with Gasteiger partial charge in [0, 0.05) is 20.1 Å². The molecular weight excluding hydrogens is 212 g/mol. The Morgan fingerprint density at radius 2 is 2.24 bits per heavy atom. The average molecular weight is 238 g/mol. The van der Waals surface area contributed by atoms with Crippen LogP contribution in [0.2, 0.25) is 0 Å². The Hall–Kier alpha value is -0.570. The van der Waals surface area contributed by atoms with Gasteiger partial charge in [-0.25, -0.2) is 0 Å². The Morgan fingerprint density at radius 3 is 2.71 bits per heavy atom. The van der Waals surface area contributed by atoms with Crippen LogP contribution >= 0.6 is 0 Å². The van der Waals surface area contributed by atoms with E-state index in [0.29, 0.717) is 5.91 Å². The minimum atomic E-state index is -0.120. The molecule has 3 atom stereocenters. The van der Waals surface area contributed by atoms with Gasteiger partial charge < -0.3 is 10.2 Å². The van der Waals surface area contributed by atoms with E-state index in [2.05, 4.69) is 19.2 Å². The summed E-state index contributed by atoms with van der Waals surface area (Å²) in [4.78, 5) is 14.6. The van der Waals surface area contributed by atoms with Gasteiger partial charge in [-0.05, 0) is 44.1 Å². The van der Waals surface area contributed by atoms with Crippen LogP contribution < -0.4 is 5.32 Å². The molecule has 0 bridgehead atoms. The summed E-state index contributed by atoms with van der Waals surface area (Å²) in [5, 5.41) is 3.39. The molecule has 0 aromatic carbocycles. The van der Waals surface area contributed by atoms with Gasteiger partial charge in [0.25, 0.3) is 0 Å². The minimum absolute atomic E-state index is 0.120. The van der Waals surface area contributed by atoms with Gasteiger partial charge in [0.2, 0.25) is 5.91 Å². The van der Waals surface area contributed by atoms with Crippen LogP contribution in [0.5, 0.6) is 0 Å². The van der Waals surface area contributed by atoms with E-state index in [1.807, 2.05) is 11.9 Å². The number of hydrogen-bond donors (Lipinski definition) is 1. The van der Waals surface area contributed by atoms with Gasteiger partial charge in [-0.15, -0.1) is 0 Å². The number of rotatable bonds is 4. The largest absolute Gasteiger partial charge is 0.345 e. The highest BCUT2D eigenvalue weighted by Gasteiger charge is 2.42. The summed E-state index contributed by atoms with van der Waals surface area (Å²) in [5.74, 6) is 1.95. The molecule has 1 aliphatic heterocycles. The Labute approximate surface area is 105 Å². The van der Waals surface area contributed by atoms with Crippen molar-refractivity contribution < 1.29 is 4.79 Å². The standard InChI is InChI=1S/C14H26N2O/c1-4-14(6-5-7-15-10-14)13(17)16(3)9-12-8-11(12)2/h11-12,15H,4-10H2,1-3H3. The molecule has 3 unspecified atom stereocenters. The van der Waals surface area contributed by atoms with Crippen molar-refractivity contribution in [3.63, 3.8) is 0 Å². The molecule has 17 heavy (non-hydrogen) atoms. The number of piperidine rings is 1. The molecule has 0 radical (unpaired) electrons. The van der Waals surface area contributed by atoms with Gasteiger partial charge in [-0.2, -0.15) is 0 Å². The SMILES string of the molecule is CCC1(C(=O)N(C)CC2CC2C)CCCNC1. The molecule has 0 aromatic heterocycles. The average Bonchev–Trinajstić information content (AvgIpc) is 3.04.